The third kappa shape index (κ3) is 4.05. The van der Waals surface area contributed by atoms with E-state index in [2.05, 4.69) is 5.32 Å². The lowest BCUT2D eigenvalue weighted by atomic mass is 10.1. The molecule has 0 aliphatic carbocycles. The maximum Gasteiger partial charge on any atom is 0.293 e. The van der Waals surface area contributed by atoms with Gasteiger partial charge in [0.15, 0.2) is 21.3 Å². The highest BCUT2D eigenvalue weighted by atomic mass is 32.2. The summed E-state index contributed by atoms with van der Waals surface area (Å²) in [6, 6.07) is 9.48. The Morgan fingerprint density at radius 2 is 1.85 bits per heavy atom. The van der Waals surface area contributed by atoms with E-state index in [1.54, 1.807) is 0 Å². The van der Waals surface area contributed by atoms with Crippen LogP contribution in [0.5, 0.6) is 11.5 Å². The van der Waals surface area contributed by atoms with E-state index in [1.165, 1.54) is 12.1 Å². The number of hydrogen-bond donors (Lipinski definition) is 1. The van der Waals surface area contributed by atoms with Gasteiger partial charge in [0.2, 0.25) is 0 Å². The maximum absolute atomic E-state index is 11.6. The number of rotatable bonds is 6. The van der Waals surface area contributed by atoms with E-state index in [0.717, 1.165) is 17.9 Å². The van der Waals surface area contributed by atoms with Crippen molar-refractivity contribution >= 4 is 21.2 Å². The second kappa shape index (κ2) is 7.20. The molecule has 138 valence electrons. The lowest BCUT2D eigenvalue weighted by Crippen LogP contribution is -2.15. The Labute approximate surface area is 150 Å². The monoisotopic (exact) mass is 378 g/mol. The van der Waals surface area contributed by atoms with E-state index in [0.29, 0.717) is 37.7 Å². The summed E-state index contributed by atoms with van der Waals surface area (Å²) in [6.07, 6.45) is 1.63. The first-order valence-electron chi connectivity index (χ1n) is 7.95. The van der Waals surface area contributed by atoms with Gasteiger partial charge in [-0.25, -0.2) is 8.42 Å². The number of hydrogen-bond acceptors (Lipinski definition) is 7. The Bertz CT molecular complexity index is 942. The van der Waals surface area contributed by atoms with Gasteiger partial charge in [-0.05, 0) is 36.2 Å². The second-order valence-corrected chi connectivity index (χ2v) is 7.88. The average Bonchev–Trinajstić information content (AvgIpc) is 2.60. The lowest BCUT2D eigenvalue weighted by Gasteiger charge is -2.19. The Hall–Kier alpha value is -2.81. The van der Waals surface area contributed by atoms with Crippen molar-refractivity contribution in [3.8, 4) is 11.5 Å². The smallest absolute Gasteiger partial charge is 0.293 e. The molecule has 1 aliphatic heterocycles. The van der Waals surface area contributed by atoms with Crippen molar-refractivity contribution in [2.75, 3.05) is 31.3 Å². The van der Waals surface area contributed by atoms with Crippen LogP contribution in [0.15, 0.2) is 41.3 Å². The topological polar surface area (TPSA) is 108 Å². The number of benzene rings is 2. The Balaban J connectivity index is 1.70. The van der Waals surface area contributed by atoms with E-state index < -0.39 is 14.8 Å². The molecule has 0 bridgehead atoms. The van der Waals surface area contributed by atoms with Crippen molar-refractivity contribution in [2.45, 2.75) is 11.3 Å². The molecule has 8 nitrogen and oxygen atoms in total. The summed E-state index contributed by atoms with van der Waals surface area (Å²) in [7, 11) is -3.51. The van der Waals surface area contributed by atoms with Crippen LogP contribution >= 0.6 is 0 Å². The molecule has 0 radical (unpaired) electrons. The molecule has 1 N–H and O–H groups in total. The molecule has 0 atom stereocenters. The molecule has 1 heterocycles. The number of nitrogens with one attached hydrogen (secondary N) is 1. The molecule has 3 rings (SSSR count). The third-order valence-corrected chi connectivity index (χ3v) is 5.04. The Kier molecular flexibility index (Phi) is 4.99. The van der Waals surface area contributed by atoms with Gasteiger partial charge >= 0.3 is 0 Å². The molecule has 0 fully saturated rings. The molecule has 2 aromatic carbocycles. The molecule has 0 saturated carbocycles. The lowest BCUT2D eigenvalue weighted by molar-refractivity contribution is -0.384. The third-order valence-electron chi connectivity index (χ3n) is 3.93. The van der Waals surface area contributed by atoms with Gasteiger partial charge < -0.3 is 14.8 Å². The average molecular weight is 378 g/mol. The van der Waals surface area contributed by atoms with E-state index >= 15 is 0 Å². The summed E-state index contributed by atoms with van der Waals surface area (Å²) in [5.74, 6) is 1.40. The van der Waals surface area contributed by atoms with Crippen LogP contribution in [0.4, 0.5) is 11.4 Å². The number of nitrogens with zero attached hydrogens (tertiary/aromatic N) is 1. The van der Waals surface area contributed by atoms with E-state index in [1.807, 2.05) is 18.2 Å². The highest BCUT2D eigenvalue weighted by Gasteiger charge is 2.18. The van der Waals surface area contributed by atoms with Gasteiger partial charge in [0, 0.05) is 18.9 Å². The van der Waals surface area contributed by atoms with Crippen LogP contribution in [0.3, 0.4) is 0 Å². The molecule has 0 unspecified atom stereocenters. The largest absolute Gasteiger partial charge is 0.486 e. The molecule has 9 heteroatoms. The minimum atomic E-state index is -3.51. The van der Waals surface area contributed by atoms with Gasteiger partial charge in [-0.3, -0.25) is 10.1 Å². The van der Waals surface area contributed by atoms with Gasteiger partial charge in [-0.15, -0.1) is 0 Å². The minimum absolute atomic E-state index is 0.0819. The van der Waals surface area contributed by atoms with Gasteiger partial charge in [-0.2, -0.15) is 0 Å². The molecule has 0 spiro atoms. The van der Waals surface area contributed by atoms with Crippen LogP contribution in [-0.4, -0.2) is 39.4 Å². The molecular formula is C17H18N2O6S. The highest BCUT2D eigenvalue weighted by molar-refractivity contribution is 7.90. The zero-order valence-corrected chi connectivity index (χ0v) is 14.9. The van der Waals surface area contributed by atoms with Crippen molar-refractivity contribution in [3.05, 3.63) is 52.1 Å². The molecular weight excluding hydrogens is 360 g/mol. The first-order valence-corrected chi connectivity index (χ1v) is 9.84. The number of fused-ring (bicyclic) bond motifs is 1. The summed E-state index contributed by atoms with van der Waals surface area (Å²) in [4.78, 5) is 10.6. The van der Waals surface area contributed by atoms with Crippen LogP contribution < -0.4 is 14.8 Å². The molecule has 0 saturated heterocycles. The maximum atomic E-state index is 11.6. The first-order chi connectivity index (χ1) is 12.3. The fourth-order valence-electron chi connectivity index (χ4n) is 2.63. The van der Waals surface area contributed by atoms with Crippen molar-refractivity contribution in [1.82, 2.24) is 0 Å². The number of nitro benzene ring substituents is 1. The number of anilines is 1. The van der Waals surface area contributed by atoms with Crippen molar-refractivity contribution in [3.63, 3.8) is 0 Å². The molecule has 0 amide bonds. The first kappa shape index (κ1) is 18.0. The van der Waals surface area contributed by atoms with Crippen molar-refractivity contribution in [2.24, 2.45) is 0 Å². The van der Waals surface area contributed by atoms with Crippen LogP contribution in [0.25, 0.3) is 0 Å². The number of nitro groups is 1. The quantitative estimate of drug-likeness (QED) is 0.607. The summed E-state index contributed by atoms with van der Waals surface area (Å²) >= 11 is 0. The second-order valence-electron chi connectivity index (χ2n) is 5.86. The molecule has 26 heavy (non-hydrogen) atoms. The van der Waals surface area contributed by atoms with Crippen LogP contribution in [0.2, 0.25) is 0 Å². The van der Waals surface area contributed by atoms with Crippen molar-refractivity contribution in [1.29, 1.82) is 0 Å². The molecule has 1 aliphatic rings. The molecule has 0 aromatic heterocycles. The highest BCUT2D eigenvalue weighted by Crippen LogP contribution is 2.31. The Morgan fingerprint density at radius 1 is 1.12 bits per heavy atom. The SMILES string of the molecule is CS(=O)(=O)c1ccc(NCCc2ccc3c(c2)OCCO3)c([N+](=O)[O-])c1. The number of sulfone groups is 1. The van der Waals surface area contributed by atoms with E-state index in [-0.39, 0.29) is 16.3 Å². The molecule has 2 aromatic rings. The summed E-state index contributed by atoms with van der Waals surface area (Å²) in [5.41, 5.74) is 1.01. The van der Waals surface area contributed by atoms with Crippen LogP contribution in [-0.2, 0) is 16.3 Å². The zero-order chi connectivity index (χ0) is 18.7. The minimum Gasteiger partial charge on any atom is -0.486 e. The predicted octanol–water partition coefficient (Wildman–Crippen LogP) is 2.42. The predicted molar refractivity (Wildman–Crippen MR) is 95.8 cm³/mol. The van der Waals surface area contributed by atoms with Crippen molar-refractivity contribution < 1.29 is 22.8 Å². The zero-order valence-electron chi connectivity index (χ0n) is 14.1. The van der Waals surface area contributed by atoms with Gasteiger partial charge in [0.25, 0.3) is 5.69 Å². The fourth-order valence-corrected chi connectivity index (χ4v) is 3.27. The summed E-state index contributed by atoms with van der Waals surface area (Å²) in [6.45, 7) is 1.48. The van der Waals surface area contributed by atoms with E-state index in [9.17, 15) is 18.5 Å². The normalized spacial score (nSPS) is 13.3. The number of ether oxygens (including phenoxy) is 2. The fraction of sp³-hybridized carbons (Fsp3) is 0.294. The summed E-state index contributed by atoms with van der Waals surface area (Å²) in [5, 5.41) is 14.2. The van der Waals surface area contributed by atoms with Crippen LogP contribution in [0, 0.1) is 10.1 Å². The Morgan fingerprint density at radius 3 is 2.54 bits per heavy atom. The van der Waals surface area contributed by atoms with Crippen LogP contribution in [0.1, 0.15) is 5.56 Å². The summed E-state index contributed by atoms with van der Waals surface area (Å²) < 4.78 is 34.1. The van der Waals surface area contributed by atoms with Gasteiger partial charge in [-0.1, -0.05) is 6.07 Å². The van der Waals surface area contributed by atoms with Gasteiger partial charge in [0.05, 0.1) is 9.82 Å². The van der Waals surface area contributed by atoms with Gasteiger partial charge in [0.1, 0.15) is 18.9 Å². The van der Waals surface area contributed by atoms with E-state index in [4.69, 9.17) is 9.47 Å². The standard InChI is InChI=1S/C17H18N2O6S/c1-26(22,23)13-3-4-14(15(11-13)19(20)21)18-7-6-12-2-5-16-17(10-12)25-9-8-24-16/h2-5,10-11,18H,6-9H2,1H3.